The number of benzene rings is 2. The van der Waals surface area contributed by atoms with Crippen LogP contribution < -0.4 is 9.47 Å². The highest BCUT2D eigenvalue weighted by molar-refractivity contribution is 5.48. The third-order valence-electron chi connectivity index (χ3n) is 7.78. The molecule has 0 heterocycles. The molecule has 0 saturated carbocycles. The van der Waals surface area contributed by atoms with E-state index in [9.17, 15) is 10.3 Å². The van der Waals surface area contributed by atoms with E-state index in [4.69, 9.17) is 9.47 Å². The van der Waals surface area contributed by atoms with Crippen molar-refractivity contribution in [3.05, 3.63) is 75.5 Å². The average Bonchev–Trinajstić information content (AvgIpc) is 2.84. The molecule has 1 aliphatic rings. The molecule has 0 spiro atoms. The molecule has 3 rings (SSSR count). The van der Waals surface area contributed by atoms with Crippen LogP contribution in [0.1, 0.15) is 61.3 Å². The monoisotopic (exact) mass is 524 g/mol. The predicted octanol–water partition coefficient (Wildman–Crippen LogP) is 5.53. The van der Waals surface area contributed by atoms with Crippen molar-refractivity contribution in [2.75, 3.05) is 55.5 Å². The largest absolute Gasteiger partial charge is 0.633 e. The molecule has 0 fully saturated rings. The van der Waals surface area contributed by atoms with Crippen LogP contribution in [0.3, 0.4) is 0 Å². The SMILES string of the molecule is COc1ccc(CC[N+](C)(C)[O-])cc1[C@@H]1C=C(C)C[C@@H](c2cc(CCN(C)C)ccc2OC)[C@@H]1C(C)(C)O. The lowest BCUT2D eigenvalue weighted by atomic mass is 9.62. The van der Waals surface area contributed by atoms with Gasteiger partial charge >= 0.3 is 0 Å². The van der Waals surface area contributed by atoms with Crippen molar-refractivity contribution in [2.24, 2.45) is 5.92 Å². The van der Waals surface area contributed by atoms with Gasteiger partial charge < -0.3 is 29.3 Å². The number of nitrogens with zero attached hydrogens (tertiary/aromatic N) is 2. The summed E-state index contributed by atoms with van der Waals surface area (Å²) in [4.78, 5) is 2.19. The number of rotatable bonds is 11. The van der Waals surface area contributed by atoms with Crippen molar-refractivity contribution >= 4 is 0 Å². The van der Waals surface area contributed by atoms with Gasteiger partial charge in [0.05, 0.1) is 40.5 Å². The molecule has 6 heteroatoms. The highest BCUT2D eigenvalue weighted by atomic mass is 16.5. The Bertz CT molecular complexity index is 1110. The van der Waals surface area contributed by atoms with Crippen LogP contribution in [0.5, 0.6) is 11.5 Å². The smallest absolute Gasteiger partial charge is 0.122 e. The predicted molar refractivity (Wildman–Crippen MR) is 156 cm³/mol. The third-order valence-corrected chi connectivity index (χ3v) is 7.78. The molecule has 0 bridgehead atoms. The van der Waals surface area contributed by atoms with E-state index in [1.165, 1.54) is 11.1 Å². The van der Waals surface area contributed by atoms with Crippen LogP contribution in [0, 0.1) is 11.1 Å². The van der Waals surface area contributed by atoms with Crippen LogP contribution in [0.15, 0.2) is 48.0 Å². The Morgan fingerprint density at radius 3 is 2.05 bits per heavy atom. The van der Waals surface area contributed by atoms with Gasteiger partial charge in [-0.3, -0.25) is 0 Å². The molecule has 0 radical (unpaired) electrons. The van der Waals surface area contributed by atoms with Gasteiger partial charge in [-0.25, -0.2) is 0 Å². The molecule has 6 nitrogen and oxygen atoms in total. The number of methoxy groups -OCH3 is 2. The van der Waals surface area contributed by atoms with E-state index >= 15 is 0 Å². The summed E-state index contributed by atoms with van der Waals surface area (Å²) < 4.78 is 11.4. The topological polar surface area (TPSA) is 65.0 Å². The molecular formula is C32H48N2O4. The fourth-order valence-electron chi connectivity index (χ4n) is 5.90. The molecule has 1 N–H and O–H groups in total. The van der Waals surface area contributed by atoms with Crippen molar-refractivity contribution in [3.63, 3.8) is 0 Å². The fraction of sp³-hybridized carbons (Fsp3) is 0.562. The number of ether oxygens (including phenoxy) is 2. The number of hydrogen-bond acceptors (Lipinski definition) is 5. The van der Waals surface area contributed by atoms with Gasteiger partial charge in [-0.2, -0.15) is 0 Å². The first-order valence-electron chi connectivity index (χ1n) is 13.7. The lowest BCUT2D eigenvalue weighted by molar-refractivity contribution is -0.839. The van der Waals surface area contributed by atoms with Gasteiger partial charge in [0.1, 0.15) is 11.5 Å². The summed E-state index contributed by atoms with van der Waals surface area (Å²) in [6.07, 6.45) is 4.78. The van der Waals surface area contributed by atoms with Gasteiger partial charge in [-0.15, -0.1) is 0 Å². The molecular weight excluding hydrogens is 476 g/mol. The normalized spacial score (nSPS) is 20.4. The van der Waals surface area contributed by atoms with Crippen LogP contribution in [0.2, 0.25) is 0 Å². The van der Waals surface area contributed by atoms with Crippen molar-refractivity contribution in [1.29, 1.82) is 0 Å². The minimum Gasteiger partial charge on any atom is -0.633 e. The lowest BCUT2D eigenvalue weighted by Gasteiger charge is -2.44. The molecule has 0 unspecified atom stereocenters. The van der Waals surface area contributed by atoms with E-state index in [2.05, 4.69) is 56.3 Å². The second kappa shape index (κ2) is 12.2. The first-order chi connectivity index (χ1) is 17.7. The summed E-state index contributed by atoms with van der Waals surface area (Å²) in [5, 5.41) is 23.9. The van der Waals surface area contributed by atoms with Gasteiger partial charge in [0.15, 0.2) is 0 Å². The van der Waals surface area contributed by atoms with Crippen molar-refractivity contribution in [3.8, 4) is 11.5 Å². The second-order valence-electron chi connectivity index (χ2n) is 12.3. The van der Waals surface area contributed by atoms with E-state index < -0.39 is 5.60 Å². The molecule has 0 aromatic heterocycles. The van der Waals surface area contributed by atoms with E-state index in [0.29, 0.717) is 13.0 Å². The minimum atomic E-state index is -0.966. The van der Waals surface area contributed by atoms with Crippen LogP contribution in [0.4, 0.5) is 0 Å². The third kappa shape index (κ3) is 7.60. The Balaban J connectivity index is 2.13. The van der Waals surface area contributed by atoms with E-state index in [1.54, 1.807) is 28.3 Å². The Morgan fingerprint density at radius 2 is 1.53 bits per heavy atom. The standard InChI is InChI=1S/C32H48N2O4/c1-22-18-27(25-20-23(14-16-33(4)5)10-12-29(25)37-8)31(32(2,3)35)28(19-22)26-21-24(11-13-30(26)38-9)15-17-34(6,7)36/h10-13,19-21,27-28,31,35H,14-18H2,1-9H3/t27-,28-,31-/m0/s1. The van der Waals surface area contributed by atoms with E-state index in [0.717, 1.165) is 47.6 Å². The van der Waals surface area contributed by atoms with E-state index in [1.807, 2.05) is 26.0 Å². The van der Waals surface area contributed by atoms with Gasteiger partial charge in [0, 0.05) is 30.4 Å². The van der Waals surface area contributed by atoms with Gasteiger partial charge in [0.25, 0.3) is 0 Å². The molecule has 3 atom stereocenters. The number of aliphatic hydroxyl groups is 1. The quantitative estimate of drug-likeness (QED) is 0.238. The number of allylic oxidation sites excluding steroid dienone is 2. The first-order valence-corrected chi connectivity index (χ1v) is 13.7. The van der Waals surface area contributed by atoms with Crippen molar-refractivity contribution < 1.29 is 19.2 Å². The summed E-state index contributed by atoms with van der Waals surface area (Å²) in [5.41, 5.74) is 4.89. The lowest BCUT2D eigenvalue weighted by Crippen LogP contribution is -2.41. The maximum atomic E-state index is 12.2. The molecule has 2 aromatic rings. The highest BCUT2D eigenvalue weighted by Crippen LogP contribution is 2.53. The molecule has 38 heavy (non-hydrogen) atoms. The Hall–Kier alpha value is -2.38. The average molecular weight is 525 g/mol. The summed E-state index contributed by atoms with van der Waals surface area (Å²) in [5.74, 6) is 1.56. The summed E-state index contributed by atoms with van der Waals surface area (Å²) >= 11 is 0. The van der Waals surface area contributed by atoms with Gasteiger partial charge in [-0.1, -0.05) is 35.9 Å². The van der Waals surface area contributed by atoms with Crippen LogP contribution in [0.25, 0.3) is 0 Å². The summed E-state index contributed by atoms with van der Waals surface area (Å²) in [6, 6.07) is 12.7. The summed E-state index contributed by atoms with van der Waals surface area (Å²) in [6.45, 7) is 7.48. The zero-order valence-electron chi connectivity index (χ0n) is 24.9. The zero-order chi connectivity index (χ0) is 28.3. The first kappa shape index (κ1) is 30.2. The highest BCUT2D eigenvalue weighted by Gasteiger charge is 2.44. The number of hydrogen-bond donors (Lipinski definition) is 1. The fourth-order valence-corrected chi connectivity index (χ4v) is 5.90. The Labute approximate surface area is 230 Å². The van der Waals surface area contributed by atoms with Crippen molar-refractivity contribution in [2.45, 2.75) is 57.5 Å². The van der Waals surface area contributed by atoms with Crippen LogP contribution in [-0.4, -0.2) is 75.8 Å². The summed E-state index contributed by atoms with van der Waals surface area (Å²) in [7, 11) is 11.0. The number of likely N-dealkylation sites (N-methyl/N-ethyl adjacent to an activating group) is 2. The Kier molecular flexibility index (Phi) is 9.69. The molecule has 0 saturated heterocycles. The van der Waals surface area contributed by atoms with Crippen LogP contribution >= 0.6 is 0 Å². The molecule has 210 valence electrons. The molecule has 0 amide bonds. The molecule has 0 aliphatic heterocycles. The second-order valence-corrected chi connectivity index (χ2v) is 12.3. The van der Waals surface area contributed by atoms with E-state index in [-0.39, 0.29) is 22.4 Å². The molecule has 1 aliphatic carbocycles. The van der Waals surface area contributed by atoms with Crippen molar-refractivity contribution in [1.82, 2.24) is 4.90 Å². The van der Waals surface area contributed by atoms with Gasteiger partial charge in [0.2, 0.25) is 0 Å². The maximum Gasteiger partial charge on any atom is 0.122 e. The number of hydroxylamine groups is 3. The number of quaternary nitrogens is 1. The van der Waals surface area contributed by atoms with Crippen LogP contribution in [-0.2, 0) is 12.8 Å². The van der Waals surface area contributed by atoms with Gasteiger partial charge in [-0.05, 0) is 82.4 Å². The molecule has 2 aromatic carbocycles. The minimum absolute atomic E-state index is 0.0601. The Morgan fingerprint density at radius 1 is 0.974 bits per heavy atom. The maximum absolute atomic E-state index is 12.2. The zero-order valence-corrected chi connectivity index (χ0v) is 24.9.